The van der Waals surface area contributed by atoms with Gasteiger partial charge in [-0.05, 0) is 143 Å². The third-order valence-electron chi connectivity index (χ3n) is 24.6. The molecule has 664 valence electrons. The Balaban J connectivity index is 0.000000127. The lowest BCUT2D eigenvalue weighted by molar-refractivity contribution is 0.381. The largest absolute Gasteiger partial charge is 0.247 e. The lowest BCUT2D eigenvalue weighted by Gasteiger charge is -2.17. The van der Waals surface area contributed by atoms with E-state index in [2.05, 4.69) is 38.8 Å². The Labute approximate surface area is 802 Å². The fourth-order valence-electron chi connectivity index (χ4n) is 17.9. The first kappa shape index (κ1) is 88.2. The second-order valence-corrected chi connectivity index (χ2v) is 32.8. The molecule has 0 radical (unpaired) electrons. The van der Waals surface area contributed by atoms with Crippen LogP contribution in [0.1, 0.15) is 22.3 Å². The maximum Gasteiger partial charge on any atom is 0.200 e. The minimum atomic E-state index is -2.25. The van der Waals surface area contributed by atoms with E-state index >= 15 is 8.78 Å². The summed E-state index contributed by atoms with van der Waals surface area (Å²) in [4.78, 5) is 56.5. The van der Waals surface area contributed by atoms with Gasteiger partial charge in [0.25, 0.3) is 0 Å². The lowest BCUT2D eigenvalue weighted by atomic mass is 9.92. The Morgan fingerprint density at radius 3 is 0.810 bits per heavy atom. The molecule has 0 amide bonds. The maximum atomic E-state index is 15.2. The van der Waals surface area contributed by atoms with Gasteiger partial charge in [0.15, 0.2) is 57.8 Å². The number of fused-ring (bicyclic) bond motifs is 15. The predicted octanol–water partition coefficient (Wildman–Crippen LogP) is 30.6. The van der Waals surface area contributed by atoms with Gasteiger partial charge in [-0.25, -0.2) is 94.5 Å². The van der Waals surface area contributed by atoms with Crippen LogP contribution in [-0.4, -0.2) is 44.9 Å². The summed E-state index contributed by atoms with van der Waals surface area (Å²) >= 11 is 0. The molecule has 6 aromatic heterocycles. The molecule has 16 nitrogen and oxygen atoms in total. The molecule has 24 heteroatoms. The molecule has 0 saturated carbocycles. The van der Waals surface area contributed by atoms with E-state index in [-0.39, 0.29) is 22.4 Å². The van der Waals surface area contributed by atoms with E-state index in [1.807, 2.05) is 164 Å². The fourth-order valence-corrected chi connectivity index (χ4v) is 17.9. The van der Waals surface area contributed by atoms with Crippen LogP contribution in [0.2, 0.25) is 0 Å². The van der Waals surface area contributed by atoms with Crippen molar-refractivity contribution in [3.8, 4) is 148 Å². The molecular weight excluding hydrogens is 1790 g/mol. The topological polar surface area (TPSA) is 224 Å². The van der Waals surface area contributed by atoms with Crippen molar-refractivity contribution in [3.05, 3.63) is 443 Å². The number of hydrogen-bond donors (Lipinski definition) is 0. The Morgan fingerprint density at radius 1 is 0.211 bits per heavy atom. The summed E-state index contributed by atoms with van der Waals surface area (Å²) < 4.78 is 116. The van der Waals surface area contributed by atoms with Crippen molar-refractivity contribution in [2.75, 3.05) is 0 Å². The Kier molecular flexibility index (Phi) is 22.9. The molecule has 0 N–H and O–H groups in total. The highest BCUT2D eigenvalue weighted by atomic mass is 19.2. The van der Waals surface area contributed by atoms with E-state index in [9.17, 15) is 47.4 Å². The molecule has 0 fully saturated rings. The van der Waals surface area contributed by atoms with E-state index < -0.39 is 52.1 Å². The number of rotatable bonds is 11. The van der Waals surface area contributed by atoms with Crippen molar-refractivity contribution in [2.24, 2.45) is 0 Å². The van der Waals surface area contributed by atoms with Crippen LogP contribution < -0.4 is 0 Å². The van der Waals surface area contributed by atoms with Crippen molar-refractivity contribution < 1.29 is 35.1 Å². The number of aromatic nitrogens is 9. The SMILES string of the molecule is [C-]#[N+]c1ccc(-c2nc3ccc4c(-c5ccccc5-c5c(F)c(F)c(F)c(F)c5F)nc5ccccc5c4c3nc2-c2ccc(C#N)cc2)cc1.[C-]#[N+]c1ccc(-c2nc3ccc4c(-c5ccccc5-c5cc(F)c(F)c(F)c5)nc5ccccc5c4c3nc2-c2ccc(C#N)cc2)cc1.[C-]#[N+]c1ccc(-c2nc3ccc4c(-c5ccccc5C#N)nc5ccccc5c4c3nc2-c2ccc(C#N)cc2)cc1. The van der Waals surface area contributed by atoms with Crippen LogP contribution in [0.4, 0.5) is 52.2 Å². The number of pyridine rings is 3. The van der Waals surface area contributed by atoms with E-state index in [0.29, 0.717) is 167 Å². The number of nitrogens with zero attached hydrogens (tertiary/aromatic N) is 16. The first-order valence-electron chi connectivity index (χ1n) is 43.8. The van der Waals surface area contributed by atoms with Crippen LogP contribution in [0.5, 0.6) is 0 Å². The second-order valence-electron chi connectivity index (χ2n) is 32.8. The summed E-state index contributed by atoms with van der Waals surface area (Å²) in [5.74, 6) is -14.3. The van der Waals surface area contributed by atoms with Crippen LogP contribution in [-0.2, 0) is 0 Å². The van der Waals surface area contributed by atoms with E-state index in [4.69, 9.17) is 64.6 Å². The third kappa shape index (κ3) is 15.8. The zero-order valence-corrected chi connectivity index (χ0v) is 73.5. The summed E-state index contributed by atoms with van der Waals surface area (Å²) in [5.41, 5.74) is 19.5. The van der Waals surface area contributed by atoms with Gasteiger partial charge in [-0.1, -0.05) is 231 Å². The molecule has 17 aromatic carbocycles. The minimum absolute atomic E-state index is 0.132. The third-order valence-corrected chi connectivity index (χ3v) is 24.6. The molecule has 142 heavy (non-hydrogen) atoms. The average molecular weight is 1850 g/mol. The highest BCUT2D eigenvalue weighted by molar-refractivity contribution is 6.25. The zero-order chi connectivity index (χ0) is 97.7. The van der Waals surface area contributed by atoms with Gasteiger partial charge in [0, 0.05) is 81.9 Å². The summed E-state index contributed by atoms with van der Waals surface area (Å²) in [5, 5.41) is 44.9. The van der Waals surface area contributed by atoms with E-state index in [0.717, 1.165) is 77.8 Å². The molecule has 0 aliphatic carbocycles. The van der Waals surface area contributed by atoms with Crippen molar-refractivity contribution in [3.63, 3.8) is 0 Å². The molecule has 23 rings (SSSR count). The normalized spacial score (nSPS) is 11.0. The van der Waals surface area contributed by atoms with Gasteiger partial charge in [-0.2, -0.15) is 21.0 Å². The van der Waals surface area contributed by atoms with E-state index in [1.165, 1.54) is 18.2 Å². The standard InChI is InChI=1S/C41H18F5N5.C41H20F3N5.C36H18N6/c1-48-24-16-14-23(15-17-24)38-39(22-12-10-21(20-47)11-13-22)51-41-30(50-38)19-18-28-31(41)27-8-4-5-9-29(27)49-40(28)26-7-3-2-6-25(26)32-33(42)35(44)37(46)36(45)34(32)43;1-46-27-16-14-25(15-17-27)38-39(24-12-10-23(22-45)11-13-24)49-41-35(48-38)19-18-31-36(41)30-8-4-5-9-34(30)47-40(31)29-7-3-2-6-28(29)26-20-32(42)37(44)33(43)21-26;1-39-26-16-14-24(15-17-26)33-34(23-12-10-22(20-37)11-13-23)42-36-31(41-33)19-18-29-32(36)28-8-4-5-9-30(28)40-35(29)27-7-3-2-6-25(27)21-38/h2-19H;2-21H;2-19H. The van der Waals surface area contributed by atoms with Crippen molar-refractivity contribution in [2.45, 2.75) is 0 Å². The van der Waals surface area contributed by atoms with Crippen LogP contribution in [0, 0.1) is 112 Å². The van der Waals surface area contributed by atoms with Gasteiger partial charge in [-0.15, -0.1) is 0 Å². The van der Waals surface area contributed by atoms with Gasteiger partial charge in [-0.3, -0.25) is 0 Å². The highest BCUT2D eigenvalue weighted by Crippen LogP contribution is 2.48. The van der Waals surface area contributed by atoms with Crippen molar-refractivity contribution in [1.82, 2.24) is 44.9 Å². The Hall–Kier alpha value is -20.4. The summed E-state index contributed by atoms with van der Waals surface area (Å²) in [6, 6.07) is 108. The molecule has 23 aromatic rings. The van der Waals surface area contributed by atoms with Crippen molar-refractivity contribution in [1.29, 1.82) is 21.0 Å². The van der Waals surface area contributed by atoms with Crippen molar-refractivity contribution >= 4 is 115 Å². The number of benzene rings is 17. The van der Waals surface area contributed by atoms with Gasteiger partial charge in [0.1, 0.15) is 0 Å². The zero-order valence-electron chi connectivity index (χ0n) is 73.5. The molecule has 0 spiro atoms. The maximum absolute atomic E-state index is 15.2. The number of para-hydroxylation sites is 3. The number of hydrogen-bond acceptors (Lipinski definition) is 13. The molecule has 0 saturated heterocycles. The fraction of sp³-hybridized carbons (Fsp3) is 0. The van der Waals surface area contributed by atoms with Crippen LogP contribution >= 0.6 is 0 Å². The molecule has 6 heterocycles. The minimum Gasteiger partial charge on any atom is -0.247 e. The monoisotopic (exact) mass is 1850 g/mol. The average Bonchev–Trinajstić information content (AvgIpc) is 0.725. The van der Waals surface area contributed by atoms with Crippen LogP contribution in [0.3, 0.4) is 0 Å². The van der Waals surface area contributed by atoms with Gasteiger partial charge < -0.3 is 0 Å². The van der Waals surface area contributed by atoms with Gasteiger partial charge in [0.05, 0.1) is 173 Å². The molecular formula is C118H56F8N16. The molecule has 0 unspecified atom stereocenters. The lowest BCUT2D eigenvalue weighted by Crippen LogP contribution is -2.05. The Morgan fingerprint density at radius 2 is 0.479 bits per heavy atom. The highest BCUT2D eigenvalue weighted by Gasteiger charge is 2.31. The quantitative estimate of drug-likeness (QED) is 0.0387. The molecule has 0 atom stereocenters. The number of nitriles is 4. The smallest absolute Gasteiger partial charge is 0.200 e. The Bertz CT molecular complexity index is 9550. The predicted molar refractivity (Wildman–Crippen MR) is 534 cm³/mol. The second kappa shape index (κ2) is 36.8. The van der Waals surface area contributed by atoms with Crippen LogP contribution in [0.25, 0.3) is 236 Å². The first-order chi connectivity index (χ1) is 69.4. The molecule has 0 bridgehead atoms. The summed E-state index contributed by atoms with van der Waals surface area (Å²) in [7, 11) is 0. The van der Waals surface area contributed by atoms with Gasteiger partial charge in [0.2, 0.25) is 5.82 Å². The summed E-state index contributed by atoms with van der Waals surface area (Å²) in [6.45, 7) is 22.1. The molecule has 0 aliphatic rings. The molecule has 0 aliphatic heterocycles. The summed E-state index contributed by atoms with van der Waals surface area (Å²) in [6.07, 6.45) is 0. The van der Waals surface area contributed by atoms with E-state index in [1.54, 1.807) is 146 Å². The van der Waals surface area contributed by atoms with Gasteiger partial charge >= 0.3 is 0 Å². The van der Waals surface area contributed by atoms with Crippen LogP contribution in [0.15, 0.2) is 340 Å². The first-order valence-corrected chi connectivity index (χ1v) is 43.8. The number of halogens is 8.